The van der Waals surface area contributed by atoms with Crippen molar-refractivity contribution in [3.05, 3.63) is 23.7 Å². The van der Waals surface area contributed by atoms with Crippen LogP contribution in [0.5, 0.6) is 0 Å². The predicted octanol–water partition coefficient (Wildman–Crippen LogP) is 2.49. The molecule has 2 rings (SSSR count). The lowest BCUT2D eigenvalue weighted by molar-refractivity contribution is 0.197. The van der Waals surface area contributed by atoms with Crippen LogP contribution < -0.4 is 0 Å². The summed E-state index contributed by atoms with van der Waals surface area (Å²) in [5, 5.41) is 9.23. The highest BCUT2D eigenvalue weighted by molar-refractivity contribution is 5.23. The number of aryl methyl sites for hydroxylation is 1. The largest absolute Gasteiger partial charge is 0.465 e. The number of furan rings is 1. The summed E-state index contributed by atoms with van der Waals surface area (Å²) in [6.07, 6.45) is 1.96. The fourth-order valence-electron chi connectivity index (χ4n) is 2.20. The van der Waals surface area contributed by atoms with Crippen molar-refractivity contribution in [2.75, 3.05) is 14.1 Å². The highest BCUT2D eigenvalue weighted by Gasteiger charge is 2.53. The van der Waals surface area contributed by atoms with Crippen LogP contribution in [0.2, 0.25) is 0 Å². The first-order chi connectivity index (χ1) is 7.09. The Morgan fingerprint density at radius 2 is 2.13 bits per heavy atom. The molecule has 80 valence electrons. The van der Waals surface area contributed by atoms with Gasteiger partial charge in [0.1, 0.15) is 11.5 Å². The van der Waals surface area contributed by atoms with Gasteiger partial charge in [-0.15, -0.1) is 0 Å². The van der Waals surface area contributed by atoms with Crippen LogP contribution in [0.25, 0.3) is 0 Å². The monoisotopic (exact) mass is 204 g/mol. The molecule has 0 spiro atoms. The summed E-state index contributed by atoms with van der Waals surface area (Å²) in [7, 11) is 4.00. The third kappa shape index (κ3) is 1.66. The van der Waals surface area contributed by atoms with E-state index in [-0.39, 0.29) is 11.5 Å². The van der Waals surface area contributed by atoms with E-state index >= 15 is 0 Å². The Morgan fingerprint density at radius 1 is 1.47 bits per heavy atom. The van der Waals surface area contributed by atoms with Gasteiger partial charge in [0.15, 0.2) is 0 Å². The van der Waals surface area contributed by atoms with Gasteiger partial charge in [-0.05, 0) is 46.0 Å². The van der Waals surface area contributed by atoms with Crippen LogP contribution in [0.15, 0.2) is 16.5 Å². The Balaban J connectivity index is 2.33. The van der Waals surface area contributed by atoms with Gasteiger partial charge in [-0.25, -0.2) is 0 Å². The van der Waals surface area contributed by atoms with Gasteiger partial charge in [0.2, 0.25) is 0 Å². The molecule has 0 aliphatic heterocycles. The Kier molecular flexibility index (Phi) is 2.32. The second kappa shape index (κ2) is 3.39. The summed E-state index contributed by atoms with van der Waals surface area (Å²) in [5.41, 5.74) is -0.214. The quantitative estimate of drug-likeness (QED) is 0.759. The minimum Gasteiger partial charge on any atom is -0.465 e. The third-order valence-corrected chi connectivity index (χ3v) is 3.08. The zero-order valence-electron chi connectivity index (χ0n) is 9.45. The van der Waals surface area contributed by atoms with E-state index in [1.807, 2.05) is 33.2 Å². The minimum atomic E-state index is -0.214. The van der Waals surface area contributed by atoms with Crippen molar-refractivity contribution in [3.8, 4) is 6.07 Å². The molecule has 1 saturated carbocycles. The number of nitriles is 1. The van der Waals surface area contributed by atoms with Crippen LogP contribution in [-0.4, -0.2) is 19.0 Å². The molecule has 1 heterocycles. The number of hydrogen-bond acceptors (Lipinski definition) is 3. The fraction of sp³-hybridized carbons (Fsp3) is 0.583. The molecule has 15 heavy (non-hydrogen) atoms. The maximum absolute atomic E-state index is 9.23. The minimum absolute atomic E-state index is 0.0937. The maximum Gasteiger partial charge on any atom is 0.122 e. The Morgan fingerprint density at radius 3 is 2.47 bits per heavy atom. The molecule has 1 aromatic heterocycles. The molecule has 1 aliphatic carbocycles. The highest BCUT2D eigenvalue weighted by Crippen LogP contribution is 2.56. The van der Waals surface area contributed by atoms with Crippen molar-refractivity contribution in [2.45, 2.75) is 25.8 Å². The predicted molar refractivity (Wildman–Crippen MR) is 57.2 cm³/mol. The second-order valence-electron chi connectivity index (χ2n) is 4.58. The van der Waals surface area contributed by atoms with Gasteiger partial charge >= 0.3 is 0 Å². The summed E-state index contributed by atoms with van der Waals surface area (Å²) >= 11 is 0. The third-order valence-electron chi connectivity index (χ3n) is 3.08. The van der Waals surface area contributed by atoms with Crippen LogP contribution >= 0.6 is 0 Å². The standard InChI is InChI=1S/C12H16N2O/c1-9-4-5-10(15-9)11(14(2)3)12(8-13)6-7-12/h4-5,11H,6-7H2,1-3H3. The lowest BCUT2D eigenvalue weighted by Crippen LogP contribution is -2.27. The topological polar surface area (TPSA) is 40.2 Å². The highest BCUT2D eigenvalue weighted by atomic mass is 16.3. The fourth-order valence-corrected chi connectivity index (χ4v) is 2.20. The van der Waals surface area contributed by atoms with E-state index in [1.54, 1.807) is 0 Å². The molecule has 1 fully saturated rings. The van der Waals surface area contributed by atoms with Crippen molar-refractivity contribution in [1.82, 2.24) is 4.90 Å². The van der Waals surface area contributed by atoms with Gasteiger partial charge in [-0.1, -0.05) is 0 Å². The van der Waals surface area contributed by atoms with Crippen LogP contribution in [0.1, 0.15) is 30.4 Å². The van der Waals surface area contributed by atoms with Crippen molar-refractivity contribution in [2.24, 2.45) is 5.41 Å². The number of nitrogens with zero attached hydrogens (tertiary/aromatic N) is 2. The zero-order valence-corrected chi connectivity index (χ0v) is 9.45. The summed E-state index contributed by atoms with van der Waals surface area (Å²) in [4.78, 5) is 2.08. The van der Waals surface area contributed by atoms with Gasteiger partial charge in [0, 0.05) is 0 Å². The molecule has 0 saturated heterocycles. The van der Waals surface area contributed by atoms with Crippen molar-refractivity contribution >= 4 is 0 Å². The molecule has 1 unspecified atom stereocenters. The van der Waals surface area contributed by atoms with Crippen LogP contribution in [0, 0.1) is 23.7 Å². The summed E-state index contributed by atoms with van der Waals surface area (Å²) in [6.45, 7) is 1.93. The molecule has 0 aromatic carbocycles. The van der Waals surface area contributed by atoms with Gasteiger partial charge in [-0.2, -0.15) is 5.26 Å². The van der Waals surface area contributed by atoms with E-state index in [4.69, 9.17) is 4.42 Å². The molecule has 3 nitrogen and oxygen atoms in total. The van der Waals surface area contributed by atoms with E-state index in [1.165, 1.54) is 0 Å². The summed E-state index contributed by atoms with van der Waals surface area (Å²) in [6, 6.07) is 6.47. The van der Waals surface area contributed by atoms with Crippen LogP contribution in [0.4, 0.5) is 0 Å². The van der Waals surface area contributed by atoms with Crippen molar-refractivity contribution in [3.63, 3.8) is 0 Å². The molecule has 1 aromatic rings. The lowest BCUT2D eigenvalue weighted by Gasteiger charge is -2.26. The van der Waals surface area contributed by atoms with Crippen molar-refractivity contribution in [1.29, 1.82) is 5.26 Å². The number of rotatable bonds is 3. The van der Waals surface area contributed by atoms with Gasteiger partial charge in [-0.3, -0.25) is 4.90 Å². The molecule has 0 radical (unpaired) electrons. The second-order valence-corrected chi connectivity index (χ2v) is 4.58. The maximum atomic E-state index is 9.23. The van der Waals surface area contributed by atoms with Gasteiger partial charge in [0.05, 0.1) is 17.5 Å². The van der Waals surface area contributed by atoms with Crippen LogP contribution in [0.3, 0.4) is 0 Å². The molecule has 3 heteroatoms. The zero-order chi connectivity index (χ0) is 11.1. The van der Waals surface area contributed by atoms with Gasteiger partial charge < -0.3 is 4.42 Å². The van der Waals surface area contributed by atoms with Gasteiger partial charge in [0.25, 0.3) is 0 Å². The van der Waals surface area contributed by atoms with E-state index in [9.17, 15) is 5.26 Å². The molecule has 0 bridgehead atoms. The summed E-state index contributed by atoms with van der Waals surface area (Å²) in [5.74, 6) is 1.82. The molecular formula is C12H16N2O. The Labute approximate surface area is 90.3 Å². The molecular weight excluding hydrogens is 188 g/mol. The van der Waals surface area contributed by atoms with E-state index in [0.29, 0.717) is 0 Å². The molecule has 1 atom stereocenters. The average Bonchev–Trinajstić information content (AvgIpc) is 2.84. The Hall–Kier alpha value is -1.27. The molecule has 0 amide bonds. The van der Waals surface area contributed by atoms with Crippen molar-refractivity contribution < 1.29 is 4.42 Å². The smallest absolute Gasteiger partial charge is 0.122 e. The lowest BCUT2D eigenvalue weighted by atomic mass is 9.95. The number of hydrogen-bond donors (Lipinski definition) is 0. The van der Waals surface area contributed by atoms with E-state index in [0.717, 1.165) is 24.4 Å². The molecule has 0 N–H and O–H groups in total. The van der Waals surface area contributed by atoms with E-state index < -0.39 is 0 Å². The SMILES string of the molecule is Cc1ccc(C(N(C)C)C2(C#N)CC2)o1. The molecule has 1 aliphatic rings. The van der Waals surface area contributed by atoms with Crippen LogP contribution in [-0.2, 0) is 0 Å². The normalized spacial score (nSPS) is 19.9. The van der Waals surface area contributed by atoms with E-state index in [2.05, 4.69) is 11.0 Å². The first-order valence-electron chi connectivity index (χ1n) is 5.23. The summed E-state index contributed by atoms with van der Waals surface area (Å²) < 4.78 is 5.64. The first-order valence-corrected chi connectivity index (χ1v) is 5.23. The first kappa shape index (κ1) is 10.3. The Bertz CT molecular complexity index is 396. The average molecular weight is 204 g/mol.